The largest absolute Gasteiger partial charge is 0.346 e. The minimum absolute atomic E-state index is 0.0121. The van der Waals surface area contributed by atoms with Crippen molar-refractivity contribution in [1.29, 1.82) is 0 Å². The highest BCUT2D eigenvalue weighted by molar-refractivity contribution is 7.85. The van der Waals surface area contributed by atoms with E-state index in [0.29, 0.717) is 13.0 Å². The molecule has 0 heterocycles. The molecule has 1 saturated carbocycles. The van der Waals surface area contributed by atoms with Crippen LogP contribution in [0.5, 0.6) is 0 Å². The van der Waals surface area contributed by atoms with E-state index in [1.54, 1.807) is 0 Å². The van der Waals surface area contributed by atoms with Crippen LogP contribution in [0.1, 0.15) is 44.9 Å². The Morgan fingerprint density at radius 3 is 2.50 bits per heavy atom. The van der Waals surface area contributed by atoms with Gasteiger partial charge in [-0.1, -0.05) is 12.8 Å². The van der Waals surface area contributed by atoms with E-state index in [0.717, 1.165) is 38.5 Å². The quantitative estimate of drug-likeness (QED) is 0.615. The molecule has 1 amide bonds. The summed E-state index contributed by atoms with van der Waals surface area (Å²) >= 11 is 0. The molecule has 0 aromatic carbocycles. The molecular formula is C14H26N2O3S. The van der Waals surface area contributed by atoms with Crippen LogP contribution in [0.15, 0.2) is 0 Å². The van der Waals surface area contributed by atoms with Gasteiger partial charge in [0.05, 0.1) is 11.8 Å². The zero-order chi connectivity index (χ0) is 15.0. The molecule has 0 bridgehead atoms. The van der Waals surface area contributed by atoms with Gasteiger partial charge in [0.25, 0.3) is 0 Å². The summed E-state index contributed by atoms with van der Waals surface area (Å²) < 4.78 is 11.2. The molecule has 0 aliphatic heterocycles. The maximum absolute atomic E-state index is 12.1. The van der Waals surface area contributed by atoms with Crippen LogP contribution in [0.3, 0.4) is 0 Å². The fourth-order valence-corrected chi connectivity index (χ4v) is 3.19. The first kappa shape index (κ1) is 17.3. The first-order valence-corrected chi connectivity index (χ1v) is 9.10. The number of carbonyl (C=O) groups is 2. The van der Waals surface area contributed by atoms with E-state index >= 15 is 0 Å². The second kappa shape index (κ2) is 9.23. The van der Waals surface area contributed by atoms with Gasteiger partial charge in [-0.05, 0) is 38.6 Å². The second-order valence-corrected chi connectivity index (χ2v) is 6.95. The van der Waals surface area contributed by atoms with Crippen LogP contribution in [0.2, 0.25) is 0 Å². The van der Waals surface area contributed by atoms with Gasteiger partial charge in [0.1, 0.15) is 0 Å². The van der Waals surface area contributed by atoms with Crippen molar-refractivity contribution in [2.24, 2.45) is 11.7 Å². The van der Waals surface area contributed by atoms with Gasteiger partial charge in [-0.2, -0.15) is 0 Å². The summed E-state index contributed by atoms with van der Waals surface area (Å²) in [5.41, 5.74) is 5.45. The molecule has 1 aliphatic carbocycles. The molecule has 20 heavy (non-hydrogen) atoms. The first-order chi connectivity index (χ1) is 9.54. The average Bonchev–Trinajstić information content (AvgIpc) is 2.90. The van der Waals surface area contributed by atoms with Crippen molar-refractivity contribution in [3.05, 3.63) is 0 Å². The predicted molar refractivity (Wildman–Crippen MR) is 80.7 cm³/mol. The highest BCUT2D eigenvalue weighted by atomic mass is 32.2. The van der Waals surface area contributed by atoms with Crippen LogP contribution in [-0.2, 0) is 20.4 Å². The number of nitrogens with two attached hydrogens (primary N) is 1. The predicted octanol–water partition coefficient (Wildman–Crippen LogP) is 0.738. The van der Waals surface area contributed by atoms with Gasteiger partial charge in [-0.3, -0.25) is 13.8 Å². The molecule has 0 spiro atoms. The Morgan fingerprint density at radius 1 is 1.30 bits per heavy atom. The number of unbranched alkanes of at least 4 members (excludes halogenated alkanes) is 1. The van der Waals surface area contributed by atoms with Gasteiger partial charge >= 0.3 is 0 Å². The van der Waals surface area contributed by atoms with Crippen molar-refractivity contribution in [1.82, 2.24) is 5.32 Å². The van der Waals surface area contributed by atoms with Crippen molar-refractivity contribution < 1.29 is 13.8 Å². The second-order valence-electron chi connectivity index (χ2n) is 5.51. The summed E-state index contributed by atoms with van der Waals surface area (Å²) in [6, 6.07) is -0.501. The van der Waals surface area contributed by atoms with Crippen molar-refractivity contribution in [3.8, 4) is 0 Å². The average molecular weight is 302 g/mol. The standard InChI is InChI=1S/C14H26N2O3S/c1-20(19)10-13(17)12(8-4-5-9-15)16-14(18)11-6-2-3-7-11/h11-12H,2-10,15H2,1H3,(H,16,18). The minimum Gasteiger partial charge on any atom is -0.346 e. The van der Waals surface area contributed by atoms with Crippen molar-refractivity contribution in [2.45, 2.75) is 51.0 Å². The Balaban J connectivity index is 2.53. The normalized spacial score (nSPS) is 18.7. The third-order valence-electron chi connectivity index (χ3n) is 3.72. The highest BCUT2D eigenvalue weighted by Crippen LogP contribution is 2.25. The molecule has 0 aromatic heterocycles. The van der Waals surface area contributed by atoms with Gasteiger partial charge in [-0.15, -0.1) is 0 Å². The molecule has 2 unspecified atom stereocenters. The zero-order valence-corrected chi connectivity index (χ0v) is 13.0. The number of hydrogen-bond acceptors (Lipinski definition) is 4. The van der Waals surface area contributed by atoms with E-state index < -0.39 is 16.8 Å². The lowest BCUT2D eigenvalue weighted by Gasteiger charge is -2.19. The van der Waals surface area contributed by atoms with E-state index in [1.807, 2.05) is 0 Å². The van der Waals surface area contributed by atoms with Gasteiger partial charge in [0.2, 0.25) is 5.91 Å². The third-order valence-corrected chi connectivity index (χ3v) is 4.41. The monoisotopic (exact) mass is 302 g/mol. The Labute approximate surface area is 123 Å². The molecule has 0 aromatic rings. The summed E-state index contributed by atoms with van der Waals surface area (Å²) in [5, 5.41) is 2.86. The molecule has 0 saturated heterocycles. The van der Waals surface area contributed by atoms with Gasteiger partial charge < -0.3 is 11.1 Å². The first-order valence-electron chi connectivity index (χ1n) is 7.37. The molecule has 1 fully saturated rings. The zero-order valence-electron chi connectivity index (χ0n) is 12.2. The third kappa shape index (κ3) is 6.13. The number of nitrogens with one attached hydrogen (secondary N) is 1. The van der Waals surface area contributed by atoms with Crippen molar-refractivity contribution in [3.63, 3.8) is 0 Å². The van der Waals surface area contributed by atoms with E-state index in [-0.39, 0.29) is 23.4 Å². The summed E-state index contributed by atoms with van der Waals surface area (Å²) in [6.07, 6.45) is 7.72. The van der Waals surface area contributed by atoms with E-state index in [4.69, 9.17) is 5.73 Å². The lowest BCUT2D eigenvalue weighted by molar-refractivity contribution is -0.129. The molecule has 0 radical (unpaired) electrons. The number of ketones is 1. The summed E-state index contributed by atoms with van der Waals surface area (Å²) in [5.74, 6) is -0.0882. The Bertz CT molecular complexity index is 354. The van der Waals surface area contributed by atoms with Crippen molar-refractivity contribution >= 4 is 22.5 Å². The summed E-state index contributed by atoms with van der Waals surface area (Å²) in [6.45, 7) is 0.581. The lowest BCUT2D eigenvalue weighted by Crippen LogP contribution is -2.44. The van der Waals surface area contributed by atoms with Gasteiger partial charge in [0.15, 0.2) is 5.78 Å². The Kier molecular flexibility index (Phi) is 7.99. The highest BCUT2D eigenvalue weighted by Gasteiger charge is 2.27. The SMILES string of the molecule is CS(=O)CC(=O)C(CCCCN)NC(=O)C1CCCC1. The van der Waals surface area contributed by atoms with Crippen LogP contribution >= 0.6 is 0 Å². The molecule has 6 heteroatoms. The lowest BCUT2D eigenvalue weighted by atomic mass is 10.0. The number of carbonyl (C=O) groups excluding carboxylic acids is 2. The Hall–Kier alpha value is -0.750. The number of amides is 1. The van der Waals surface area contributed by atoms with E-state index in [1.165, 1.54) is 6.26 Å². The minimum atomic E-state index is -1.17. The van der Waals surface area contributed by atoms with E-state index in [2.05, 4.69) is 5.32 Å². The molecule has 1 rings (SSSR count). The number of hydrogen-bond donors (Lipinski definition) is 2. The molecule has 1 aliphatic rings. The molecule has 2 atom stereocenters. The van der Waals surface area contributed by atoms with Gasteiger partial charge in [-0.25, -0.2) is 0 Å². The van der Waals surface area contributed by atoms with Gasteiger partial charge in [0, 0.05) is 23.0 Å². The fourth-order valence-electron chi connectivity index (χ4n) is 2.58. The molecule has 116 valence electrons. The Morgan fingerprint density at radius 2 is 1.95 bits per heavy atom. The van der Waals surface area contributed by atoms with Crippen LogP contribution < -0.4 is 11.1 Å². The van der Waals surface area contributed by atoms with Crippen LogP contribution in [0, 0.1) is 5.92 Å². The topological polar surface area (TPSA) is 89.3 Å². The summed E-state index contributed by atoms with van der Waals surface area (Å²) in [7, 11) is -1.17. The van der Waals surface area contributed by atoms with Crippen LogP contribution in [-0.4, -0.2) is 40.5 Å². The fraction of sp³-hybridized carbons (Fsp3) is 0.857. The summed E-state index contributed by atoms with van der Waals surface area (Å²) in [4.78, 5) is 24.2. The van der Waals surface area contributed by atoms with Crippen molar-refractivity contribution in [2.75, 3.05) is 18.6 Å². The molecular weight excluding hydrogens is 276 g/mol. The van der Waals surface area contributed by atoms with E-state index in [9.17, 15) is 13.8 Å². The maximum atomic E-state index is 12.1. The maximum Gasteiger partial charge on any atom is 0.223 e. The van der Waals surface area contributed by atoms with Crippen LogP contribution in [0.4, 0.5) is 0 Å². The number of rotatable bonds is 9. The molecule has 3 N–H and O–H groups in total. The number of Topliss-reactive ketones (excluding diaryl/α,β-unsaturated/α-hetero) is 1. The smallest absolute Gasteiger partial charge is 0.223 e. The molecule has 5 nitrogen and oxygen atoms in total. The van der Waals surface area contributed by atoms with Crippen LogP contribution in [0.25, 0.3) is 0 Å².